The van der Waals surface area contributed by atoms with Crippen molar-refractivity contribution in [3.8, 4) is 17.5 Å². The second-order valence-electron chi connectivity index (χ2n) is 3.75. The Bertz CT molecular complexity index is 686. The van der Waals surface area contributed by atoms with E-state index >= 15 is 0 Å². The zero-order valence-corrected chi connectivity index (χ0v) is 10.7. The van der Waals surface area contributed by atoms with Crippen LogP contribution in [0.15, 0.2) is 30.6 Å². The van der Waals surface area contributed by atoms with Gasteiger partial charge >= 0.3 is 17.7 Å². The maximum Gasteiger partial charge on any atom is 0.335 e. The summed E-state index contributed by atoms with van der Waals surface area (Å²) in [5, 5.41) is 19.4. The second-order valence-corrected chi connectivity index (χ2v) is 3.75. The minimum absolute atomic E-state index is 0.00675. The molecule has 0 spiro atoms. The Morgan fingerprint density at radius 3 is 2.48 bits per heavy atom. The van der Waals surface area contributed by atoms with Crippen LogP contribution >= 0.6 is 0 Å². The SMILES string of the molecule is COc1ccc(C(=O)O)cc1Oc1ncc([N+](=O)[O-])cn1. The van der Waals surface area contributed by atoms with Crippen LogP contribution < -0.4 is 9.47 Å². The highest BCUT2D eigenvalue weighted by molar-refractivity contribution is 5.88. The summed E-state index contributed by atoms with van der Waals surface area (Å²) in [5.41, 5.74) is -0.290. The number of benzene rings is 1. The molecule has 0 fully saturated rings. The summed E-state index contributed by atoms with van der Waals surface area (Å²) >= 11 is 0. The quantitative estimate of drug-likeness (QED) is 0.653. The molecule has 21 heavy (non-hydrogen) atoms. The van der Waals surface area contributed by atoms with Crippen LogP contribution in [0.5, 0.6) is 17.5 Å². The number of carboxylic acid groups (broad SMARTS) is 1. The van der Waals surface area contributed by atoms with Crippen molar-refractivity contribution in [1.29, 1.82) is 0 Å². The van der Waals surface area contributed by atoms with E-state index in [0.717, 1.165) is 12.4 Å². The highest BCUT2D eigenvalue weighted by Crippen LogP contribution is 2.31. The van der Waals surface area contributed by atoms with E-state index in [0.29, 0.717) is 0 Å². The molecule has 0 amide bonds. The van der Waals surface area contributed by atoms with Crippen LogP contribution in [0, 0.1) is 10.1 Å². The summed E-state index contributed by atoms with van der Waals surface area (Å²) in [5.74, 6) is -0.764. The van der Waals surface area contributed by atoms with Crippen molar-refractivity contribution in [3.05, 3.63) is 46.3 Å². The third-order valence-electron chi connectivity index (χ3n) is 2.44. The molecule has 2 rings (SSSR count). The van der Waals surface area contributed by atoms with Crippen LogP contribution in [0.4, 0.5) is 5.69 Å². The second kappa shape index (κ2) is 5.82. The molecule has 0 unspecified atom stereocenters. The number of aromatic carboxylic acids is 1. The number of nitrogens with zero attached hydrogens (tertiary/aromatic N) is 3. The third-order valence-corrected chi connectivity index (χ3v) is 2.44. The van der Waals surface area contributed by atoms with E-state index in [-0.39, 0.29) is 28.8 Å². The average Bonchev–Trinajstić information content (AvgIpc) is 2.47. The highest BCUT2D eigenvalue weighted by atomic mass is 16.6. The first-order valence-electron chi connectivity index (χ1n) is 5.57. The lowest BCUT2D eigenvalue weighted by molar-refractivity contribution is -0.385. The van der Waals surface area contributed by atoms with E-state index < -0.39 is 10.9 Å². The van der Waals surface area contributed by atoms with E-state index in [1.807, 2.05) is 0 Å². The summed E-state index contributed by atoms with van der Waals surface area (Å²) in [7, 11) is 1.39. The van der Waals surface area contributed by atoms with Gasteiger partial charge in [-0.15, -0.1) is 0 Å². The first-order chi connectivity index (χ1) is 10.0. The number of carbonyl (C=O) groups is 1. The summed E-state index contributed by atoms with van der Waals surface area (Å²) in [6.45, 7) is 0. The van der Waals surface area contributed by atoms with Gasteiger partial charge in [0, 0.05) is 0 Å². The topological polar surface area (TPSA) is 125 Å². The van der Waals surface area contributed by atoms with Crippen molar-refractivity contribution in [2.24, 2.45) is 0 Å². The Morgan fingerprint density at radius 1 is 1.29 bits per heavy atom. The first-order valence-corrected chi connectivity index (χ1v) is 5.57. The van der Waals surface area contributed by atoms with Gasteiger partial charge in [0.2, 0.25) is 0 Å². The predicted octanol–water partition coefficient (Wildman–Crippen LogP) is 1.88. The molecule has 2 aromatic rings. The Kier molecular flexibility index (Phi) is 3.93. The summed E-state index contributed by atoms with van der Waals surface area (Å²) in [4.78, 5) is 28.1. The standard InChI is InChI=1S/C12H9N3O6/c1-20-9-3-2-7(11(16)17)4-10(9)21-12-13-5-8(6-14-12)15(18)19/h2-6H,1H3,(H,16,17). The monoisotopic (exact) mass is 291 g/mol. The van der Waals surface area contributed by atoms with Gasteiger partial charge in [0.25, 0.3) is 0 Å². The molecule has 108 valence electrons. The van der Waals surface area contributed by atoms with Gasteiger partial charge in [-0.25, -0.2) is 4.79 Å². The minimum atomic E-state index is -1.13. The maximum atomic E-state index is 10.9. The van der Waals surface area contributed by atoms with Crippen LogP contribution in [0.25, 0.3) is 0 Å². The Balaban J connectivity index is 2.31. The van der Waals surface area contributed by atoms with Crippen molar-refractivity contribution in [2.75, 3.05) is 7.11 Å². The van der Waals surface area contributed by atoms with Crippen molar-refractivity contribution < 1.29 is 24.3 Å². The molecule has 9 heteroatoms. The molecule has 1 N–H and O–H groups in total. The van der Waals surface area contributed by atoms with Crippen LogP contribution in [0.1, 0.15) is 10.4 Å². The number of nitro groups is 1. The Labute approximate surface area is 117 Å². The molecule has 0 aliphatic rings. The number of ether oxygens (including phenoxy) is 2. The zero-order valence-electron chi connectivity index (χ0n) is 10.7. The van der Waals surface area contributed by atoms with Gasteiger partial charge in [-0.1, -0.05) is 0 Å². The summed E-state index contributed by atoms with van der Waals surface area (Å²) in [6.07, 6.45) is 1.96. The molecule has 1 aromatic carbocycles. The third kappa shape index (κ3) is 3.21. The number of aromatic nitrogens is 2. The van der Waals surface area contributed by atoms with Crippen LogP contribution in [-0.4, -0.2) is 33.1 Å². The number of hydrogen-bond donors (Lipinski definition) is 1. The fourth-order valence-corrected chi connectivity index (χ4v) is 1.44. The van der Waals surface area contributed by atoms with Gasteiger partial charge in [-0.2, -0.15) is 9.97 Å². The van der Waals surface area contributed by atoms with Gasteiger partial charge in [0.15, 0.2) is 11.5 Å². The van der Waals surface area contributed by atoms with E-state index in [1.165, 1.54) is 25.3 Å². The van der Waals surface area contributed by atoms with E-state index in [2.05, 4.69) is 9.97 Å². The molecular weight excluding hydrogens is 282 g/mol. The van der Waals surface area contributed by atoms with Gasteiger partial charge < -0.3 is 14.6 Å². The van der Waals surface area contributed by atoms with Crippen molar-refractivity contribution >= 4 is 11.7 Å². The molecule has 1 heterocycles. The van der Waals surface area contributed by atoms with Crippen molar-refractivity contribution in [1.82, 2.24) is 9.97 Å². The molecule has 0 aliphatic heterocycles. The lowest BCUT2D eigenvalue weighted by atomic mass is 10.2. The normalized spacial score (nSPS) is 9.95. The fraction of sp³-hybridized carbons (Fsp3) is 0.0833. The largest absolute Gasteiger partial charge is 0.493 e. The predicted molar refractivity (Wildman–Crippen MR) is 68.7 cm³/mol. The maximum absolute atomic E-state index is 10.9. The van der Waals surface area contributed by atoms with E-state index in [9.17, 15) is 14.9 Å². The van der Waals surface area contributed by atoms with Gasteiger partial charge in [0.05, 0.1) is 17.6 Å². The Morgan fingerprint density at radius 2 is 1.95 bits per heavy atom. The van der Waals surface area contributed by atoms with Crippen LogP contribution in [-0.2, 0) is 0 Å². The summed E-state index contributed by atoms with van der Waals surface area (Å²) < 4.78 is 10.3. The van der Waals surface area contributed by atoms with E-state index in [1.54, 1.807) is 0 Å². The molecule has 9 nitrogen and oxygen atoms in total. The lowest BCUT2D eigenvalue weighted by Gasteiger charge is -2.09. The van der Waals surface area contributed by atoms with Gasteiger partial charge in [0.1, 0.15) is 12.4 Å². The first kappa shape index (κ1) is 14.2. The molecule has 0 atom stereocenters. The lowest BCUT2D eigenvalue weighted by Crippen LogP contribution is -2.00. The van der Waals surface area contributed by atoms with Gasteiger partial charge in [-0.3, -0.25) is 10.1 Å². The number of rotatable bonds is 5. The molecule has 0 bridgehead atoms. The van der Waals surface area contributed by atoms with Crippen molar-refractivity contribution in [3.63, 3.8) is 0 Å². The molecule has 0 aliphatic carbocycles. The van der Waals surface area contributed by atoms with Crippen molar-refractivity contribution in [2.45, 2.75) is 0 Å². The minimum Gasteiger partial charge on any atom is -0.493 e. The number of carboxylic acids is 1. The summed E-state index contributed by atoms with van der Waals surface area (Å²) in [6, 6.07) is 3.85. The van der Waals surface area contributed by atoms with E-state index in [4.69, 9.17) is 14.6 Å². The average molecular weight is 291 g/mol. The smallest absolute Gasteiger partial charge is 0.335 e. The highest BCUT2D eigenvalue weighted by Gasteiger charge is 2.13. The number of hydrogen-bond acceptors (Lipinski definition) is 7. The van der Waals surface area contributed by atoms with Crippen LogP contribution in [0.2, 0.25) is 0 Å². The molecule has 1 aromatic heterocycles. The molecule has 0 radical (unpaired) electrons. The number of methoxy groups -OCH3 is 1. The molecule has 0 saturated carbocycles. The zero-order chi connectivity index (χ0) is 15.4. The van der Waals surface area contributed by atoms with Gasteiger partial charge in [-0.05, 0) is 18.2 Å². The fourth-order valence-electron chi connectivity index (χ4n) is 1.44. The molecule has 0 saturated heterocycles. The molecular formula is C12H9N3O6. The van der Waals surface area contributed by atoms with Crippen LogP contribution in [0.3, 0.4) is 0 Å². The Hall–Kier alpha value is -3.23.